The van der Waals surface area contributed by atoms with Crippen molar-refractivity contribution < 1.29 is 4.74 Å². The fourth-order valence-corrected chi connectivity index (χ4v) is 3.26. The summed E-state index contributed by atoms with van der Waals surface area (Å²) < 4.78 is 6.58. The Morgan fingerprint density at radius 3 is 2.93 bits per heavy atom. The van der Waals surface area contributed by atoms with Gasteiger partial charge in [0, 0.05) is 27.3 Å². The molecule has 1 fully saturated rings. The first-order valence-electron chi connectivity index (χ1n) is 5.02. The topological polar surface area (TPSA) is 35.2 Å². The third-order valence-electron chi connectivity index (χ3n) is 2.47. The van der Waals surface area contributed by atoms with Gasteiger partial charge in [0.15, 0.2) is 0 Å². The summed E-state index contributed by atoms with van der Waals surface area (Å²) in [5, 5.41) is 0.373. The lowest BCUT2D eigenvalue weighted by molar-refractivity contribution is 0.0916. The average Bonchev–Trinajstić information content (AvgIpc) is 2.24. The van der Waals surface area contributed by atoms with Crippen LogP contribution >= 0.6 is 27.7 Å². The van der Waals surface area contributed by atoms with Gasteiger partial charge in [-0.05, 0) is 34.5 Å². The van der Waals surface area contributed by atoms with Crippen LogP contribution in [0.1, 0.15) is 6.42 Å². The van der Waals surface area contributed by atoms with Crippen molar-refractivity contribution >= 4 is 27.7 Å². The summed E-state index contributed by atoms with van der Waals surface area (Å²) in [5.74, 6) is 0. The highest BCUT2D eigenvalue weighted by Gasteiger charge is 2.23. The number of halogens is 1. The average molecular weight is 288 g/mol. The number of thioether (sulfide) groups is 1. The molecule has 15 heavy (non-hydrogen) atoms. The maximum Gasteiger partial charge on any atom is 0.0603 e. The fraction of sp³-hybridized carbons (Fsp3) is 0.455. The molecule has 0 amide bonds. The number of nitrogens with two attached hydrogens (primary N) is 1. The normalized spacial score (nSPS) is 26.5. The Labute approximate surface area is 103 Å². The summed E-state index contributed by atoms with van der Waals surface area (Å²) >= 11 is 5.34. The molecule has 2 N–H and O–H groups in total. The van der Waals surface area contributed by atoms with E-state index >= 15 is 0 Å². The quantitative estimate of drug-likeness (QED) is 0.908. The van der Waals surface area contributed by atoms with E-state index in [1.165, 1.54) is 4.90 Å². The SMILES string of the molecule is NC1CCOCC1Sc1ccccc1Br. The van der Waals surface area contributed by atoms with Crippen molar-refractivity contribution in [3.8, 4) is 0 Å². The lowest BCUT2D eigenvalue weighted by Gasteiger charge is -2.28. The van der Waals surface area contributed by atoms with Crippen molar-refractivity contribution in [1.82, 2.24) is 0 Å². The molecule has 1 aliphatic rings. The number of hydrogen-bond donors (Lipinski definition) is 1. The Hall–Kier alpha value is -0.0300. The van der Waals surface area contributed by atoms with E-state index in [1.807, 2.05) is 12.1 Å². The van der Waals surface area contributed by atoms with Crippen LogP contribution in [0.25, 0.3) is 0 Å². The monoisotopic (exact) mass is 287 g/mol. The Morgan fingerprint density at radius 2 is 2.20 bits per heavy atom. The second kappa shape index (κ2) is 5.34. The number of benzene rings is 1. The highest BCUT2D eigenvalue weighted by Crippen LogP contribution is 2.33. The third kappa shape index (κ3) is 2.97. The number of rotatable bonds is 2. The maximum atomic E-state index is 6.06. The van der Waals surface area contributed by atoms with E-state index in [4.69, 9.17) is 10.5 Å². The minimum atomic E-state index is 0.246. The molecule has 0 aliphatic carbocycles. The Bertz CT molecular complexity index is 334. The molecule has 2 rings (SSSR count). The number of ether oxygens (including phenoxy) is 1. The predicted octanol–water partition coefficient (Wildman–Crippen LogP) is 2.66. The summed E-state index contributed by atoms with van der Waals surface area (Å²) in [4.78, 5) is 1.24. The molecule has 1 aromatic rings. The van der Waals surface area contributed by atoms with Gasteiger partial charge in [-0.25, -0.2) is 0 Å². The summed E-state index contributed by atoms with van der Waals surface area (Å²) in [6, 6.07) is 8.47. The summed E-state index contributed by atoms with van der Waals surface area (Å²) in [7, 11) is 0. The van der Waals surface area contributed by atoms with Gasteiger partial charge in [0.1, 0.15) is 0 Å². The van der Waals surface area contributed by atoms with Gasteiger partial charge in [0.05, 0.1) is 6.61 Å². The second-order valence-electron chi connectivity index (χ2n) is 3.61. The first-order chi connectivity index (χ1) is 7.27. The van der Waals surface area contributed by atoms with Gasteiger partial charge in [0.2, 0.25) is 0 Å². The van der Waals surface area contributed by atoms with Crippen LogP contribution in [-0.4, -0.2) is 24.5 Å². The van der Waals surface area contributed by atoms with Gasteiger partial charge in [0.25, 0.3) is 0 Å². The van der Waals surface area contributed by atoms with E-state index in [9.17, 15) is 0 Å². The number of hydrogen-bond acceptors (Lipinski definition) is 3. The molecule has 0 aromatic heterocycles. The fourth-order valence-electron chi connectivity index (χ4n) is 1.55. The van der Waals surface area contributed by atoms with Crippen molar-refractivity contribution in [2.45, 2.75) is 22.6 Å². The van der Waals surface area contributed by atoms with Crippen LogP contribution < -0.4 is 5.73 Å². The van der Waals surface area contributed by atoms with Crippen molar-refractivity contribution in [2.24, 2.45) is 5.73 Å². The van der Waals surface area contributed by atoms with Crippen molar-refractivity contribution in [2.75, 3.05) is 13.2 Å². The van der Waals surface area contributed by atoms with Crippen LogP contribution in [0.2, 0.25) is 0 Å². The van der Waals surface area contributed by atoms with E-state index < -0.39 is 0 Å². The van der Waals surface area contributed by atoms with Crippen LogP contribution in [0.5, 0.6) is 0 Å². The lowest BCUT2D eigenvalue weighted by atomic mass is 10.1. The van der Waals surface area contributed by atoms with E-state index in [-0.39, 0.29) is 6.04 Å². The smallest absolute Gasteiger partial charge is 0.0603 e. The zero-order valence-corrected chi connectivity index (χ0v) is 10.8. The molecule has 1 aliphatic heterocycles. The summed E-state index contributed by atoms with van der Waals surface area (Å²) in [5.41, 5.74) is 6.06. The molecular formula is C11H14BrNOS. The standard InChI is InChI=1S/C11H14BrNOS/c12-8-3-1-2-4-10(8)15-11-7-14-6-5-9(11)13/h1-4,9,11H,5-7,13H2. The molecule has 2 nitrogen and oxygen atoms in total. The van der Waals surface area contributed by atoms with Gasteiger partial charge in [-0.2, -0.15) is 0 Å². The van der Waals surface area contributed by atoms with E-state index in [0.29, 0.717) is 5.25 Å². The van der Waals surface area contributed by atoms with E-state index in [0.717, 1.165) is 24.1 Å². The molecule has 0 radical (unpaired) electrons. The molecule has 0 bridgehead atoms. The van der Waals surface area contributed by atoms with Gasteiger partial charge >= 0.3 is 0 Å². The zero-order valence-electron chi connectivity index (χ0n) is 8.36. The highest BCUT2D eigenvalue weighted by molar-refractivity contribution is 9.10. The largest absolute Gasteiger partial charge is 0.380 e. The van der Waals surface area contributed by atoms with Crippen LogP contribution in [-0.2, 0) is 4.74 Å². The molecular weight excluding hydrogens is 274 g/mol. The molecule has 1 aromatic carbocycles. The van der Waals surface area contributed by atoms with Crippen LogP contribution in [0.4, 0.5) is 0 Å². The Balaban J connectivity index is 2.04. The Morgan fingerprint density at radius 1 is 1.40 bits per heavy atom. The summed E-state index contributed by atoms with van der Waals surface area (Å²) in [6.07, 6.45) is 0.960. The van der Waals surface area contributed by atoms with Crippen molar-refractivity contribution in [3.63, 3.8) is 0 Å². The van der Waals surface area contributed by atoms with Gasteiger partial charge in [-0.3, -0.25) is 0 Å². The van der Waals surface area contributed by atoms with Gasteiger partial charge in [-0.15, -0.1) is 11.8 Å². The summed E-state index contributed by atoms with van der Waals surface area (Å²) in [6.45, 7) is 1.56. The zero-order chi connectivity index (χ0) is 10.7. The first-order valence-corrected chi connectivity index (χ1v) is 6.69. The second-order valence-corrected chi connectivity index (χ2v) is 5.75. The lowest BCUT2D eigenvalue weighted by Crippen LogP contribution is -2.40. The van der Waals surface area contributed by atoms with Crippen molar-refractivity contribution in [3.05, 3.63) is 28.7 Å². The van der Waals surface area contributed by atoms with Crippen LogP contribution in [0, 0.1) is 0 Å². The minimum Gasteiger partial charge on any atom is -0.380 e. The molecule has 0 saturated carbocycles. The maximum absolute atomic E-state index is 6.06. The molecule has 0 spiro atoms. The molecule has 4 heteroatoms. The molecule has 82 valence electrons. The van der Waals surface area contributed by atoms with Crippen LogP contribution in [0.15, 0.2) is 33.6 Å². The molecule has 2 unspecified atom stereocenters. The Kier molecular flexibility index (Phi) is 4.08. The van der Waals surface area contributed by atoms with Gasteiger partial charge in [-0.1, -0.05) is 12.1 Å². The highest BCUT2D eigenvalue weighted by atomic mass is 79.9. The van der Waals surface area contributed by atoms with E-state index in [1.54, 1.807) is 11.8 Å². The molecule has 1 saturated heterocycles. The minimum absolute atomic E-state index is 0.246. The third-order valence-corrected chi connectivity index (χ3v) is 4.82. The predicted molar refractivity (Wildman–Crippen MR) is 67.2 cm³/mol. The van der Waals surface area contributed by atoms with Crippen LogP contribution in [0.3, 0.4) is 0 Å². The van der Waals surface area contributed by atoms with Crippen molar-refractivity contribution in [1.29, 1.82) is 0 Å². The first kappa shape index (κ1) is 11.5. The molecule has 2 atom stereocenters. The van der Waals surface area contributed by atoms with Gasteiger partial charge < -0.3 is 10.5 Å². The molecule has 1 heterocycles. The van der Waals surface area contributed by atoms with E-state index in [2.05, 4.69) is 28.1 Å².